The standard InChI is InChI=1S/C22H32FN3O2/c23-19-9-11-20(12-10-19)25-22(28)26-14-4-7-18(16-26)8-13-21(27)24-15-17-5-2-1-3-6-17/h9-12,17-18H,1-8,13-16H2,(H,24,27)(H,25,28)/t18-/m0/s1. The molecule has 2 aliphatic rings. The summed E-state index contributed by atoms with van der Waals surface area (Å²) in [5.41, 5.74) is 0.593. The van der Waals surface area contributed by atoms with Crippen molar-refractivity contribution in [2.45, 2.75) is 57.8 Å². The summed E-state index contributed by atoms with van der Waals surface area (Å²) in [5.74, 6) is 0.822. The van der Waals surface area contributed by atoms with Crippen LogP contribution < -0.4 is 10.6 Å². The van der Waals surface area contributed by atoms with Gasteiger partial charge in [0.1, 0.15) is 5.82 Å². The number of carbonyl (C=O) groups excluding carboxylic acids is 2. The molecule has 2 fully saturated rings. The molecule has 1 aromatic rings. The van der Waals surface area contributed by atoms with Gasteiger partial charge >= 0.3 is 6.03 Å². The third-order valence-corrected chi connectivity index (χ3v) is 5.99. The van der Waals surface area contributed by atoms with Gasteiger partial charge in [-0.3, -0.25) is 4.79 Å². The van der Waals surface area contributed by atoms with E-state index in [9.17, 15) is 14.0 Å². The maximum Gasteiger partial charge on any atom is 0.321 e. The van der Waals surface area contributed by atoms with E-state index in [1.807, 2.05) is 0 Å². The van der Waals surface area contributed by atoms with Crippen molar-refractivity contribution in [3.05, 3.63) is 30.1 Å². The first-order valence-corrected chi connectivity index (χ1v) is 10.7. The molecule has 3 amide bonds. The van der Waals surface area contributed by atoms with Crippen LogP contribution in [0.25, 0.3) is 0 Å². The van der Waals surface area contributed by atoms with Crippen molar-refractivity contribution in [1.29, 1.82) is 0 Å². The lowest BCUT2D eigenvalue weighted by Gasteiger charge is -2.32. The highest BCUT2D eigenvalue weighted by molar-refractivity contribution is 5.89. The number of amides is 3. The van der Waals surface area contributed by atoms with Gasteiger partial charge in [-0.1, -0.05) is 19.3 Å². The lowest BCUT2D eigenvalue weighted by molar-refractivity contribution is -0.121. The van der Waals surface area contributed by atoms with Crippen LogP contribution in [-0.2, 0) is 4.79 Å². The molecule has 2 N–H and O–H groups in total. The number of piperidine rings is 1. The summed E-state index contributed by atoms with van der Waals surface area (Å²) in [4.78, 5) is 26.4. The molecule has 28 heavy (non-hydrogen) atoms. The smallest absolute Gasteiger partial charge is 0.321 e. The van der Waals surface area contributed by atoms with Gasteiger partial charge in [0.25, 0.3) is 0 Å². The lowest BCUT2D eigenvalue weighted by atomic mass is 9.89. The Morgan fingerprint density at radius 1 is 1.00 bits per heavy atom. The summed E-state index contributed by atoms with van der Waals surface area (Å²) in [7, 11) is 0. The fourth-order valence-corrected chi connectivity index (χ4v) is 4.29. The van der Waals surface area contributed by atoms with E-state index in [2.05, 4.69) is 10.6 Å². The van der Waals surface area contributed by atoms with Crippen LogP contribution in [-0.4, -0.2) is 36.5 Å². The van der Waals surface area contributed by atoms with Crippen LogP contribution in [0.5, 0.6) is 0 Å². The first kappa shape index (κ1) is 20.6. The minimum absolute atomic E-state index is 0.137. The van der Waals surface area contributed by atoms with Gasteiger partial charge in [0.2, 0.25) is 5.91 Å². The Kier molecular flexibility index (Phi) is 7.69. The number of urea groups is 1. The third-order valence-electron chi connectivity index (χ3n) is 5.99. The second-order valence-electron chi connectivity index (χ2n) is 8.24. The number of likely N-dealkylation sites (tertiary alicyclic amines) is 1. The largest absolute Gasteiger partial charge is 0.356 e. The van der Waals surface area contributed by atoms with E-state index in [0.29, 0.717) is 30.5 Å². The Morgan fingerprint density at radius 2 is 1.71 bits per heavy atom. The third kappa shape index (κ3) is 6.50. The maximum atomic E-state index is 13.0. The second kappa shape index (κ2) is 10.4. The number of rotatable bonds is 6. The topological polar surface area (TPSA) is 61.4 Å². The van der Waals surface area contributed by atoms with Gasteiger partial charge in [-0.25, -0.2) is 9.18 Å². The molecule has 1 aliphatic heterocycles. The van der Waals surface area contributed by atoms with Crippen molar-refractivity contribution in [3.8, 4) is 0 Å². The number of hydrogen-bond donors (Lipinski definition) is 2. The van der Waals surface area contributed by atoms with Crippen LogP contribution >= 0.6 is 0 Å². The molecule has 1 saturated heterocycles. The quantitative estimate of drug-likeness (QED) is 0.750. The molecule has 0 unspecified atom stereocenters. The van der Waals surface area contributed by atoms with Crippen LogP contribution in [0, 0.1) is 17.7 Å². The van der Waals surface area contributed by atoms with Gasteiger partial charge in [0.15, 0.2) is 0 Å². The highest BCUT2D eigenvalue weighted by Crippen LogP contribution is 2.24. The van der Waals surface area contributed by atoms with E-state index < -0.39 is 0 Å². The highest BCUT2D eigenvalue weighted by atomic mass is 19.1. The van der Waals surface area contributed by atoms with Crippen molar-refractivity contribution in [1.82, 2.24) is 10.2 Å². The Balaban J connectivity index is 1.37. The van der Waals surface area contributed by atoms with Gasteiger partial charge in [0.05, 0.1) is 0 Å². The minimum atomic E-state index is -0.321. The molecule has 1 aromatic carbocycles. The van der Waals surface area contributed by atoms with Gasteiger partial charge < -0.3 is 15.5 Å². The molecule has 0 spiro atoms. The van der Waals surface area contributed by atoms with E-state index in [1.165, 1.54) is 44.2 Å². The van der Waals surface area contributed by atoms with Crippen molar-refractivity contribution in [2.75, 3.05) is 25.0 Å². The average Bonchev–Trinajstić information content (AvgIpc) is 2.73. The van der Waals surface area contributed by atoms with Crippen molar-refractivity contribution < 1.29 is 14.0 Å². The van der Waals surface area contributed by atoms with E-state index in [4.69, 9.17) is 0 Å². The molecule has 6 heteroatoms. The minimum Gasteiger partial charge on any atom is -0.356 e. The van der Waals surface area contributed by atoms with Crippen LogP contribution in [0.1, 0.15) is 57.8 Å². The average molecular weight is 390 g/mol. The van der Waals surface area contributed by atoms with Crippen LogP contribution in [0.2, 0.25) is 0 Å². The molecular weight excluding hydrogens is 357 g/mol. The Bertz CT molecular complexity index is 644. The molecule has 3 rings (SSSR count). The van der Waals surface area contributed by atoms with E-state index >= 15 is 0 Å². The van der Waals surface area contributed by atoms with Crippen LogP contribution in [0.15, 0.2) is 24.3 Å². The second-order valence-corrected chi connectivity index (χ2v) is 8.24. The van der Waals surface area contributed by atoms with Gasteiger partial charge in [-0.05, 0) is 68.2 Å². The van der Waals surface area contributed by atoms with Crippen molar-refractivity contribution >= 4 is 17.6 Å². The summed E-state index contributed by atoms with van der Waals surface area (Å²) >= 11 is 0. The summed E-state index contributed by atoms with van der Waals surface area (Å²) in [6.45, 7) is 2.20. The van der Waals surface area contributed by atoms with Crippen molar-refractivity contribution in [3.63, 3.8) is 0 Å². The summed E-state index contributed by atoms with van der Waals surface area (Å²) in [6.07, 6.45) is 9.74. The fourth-order valence-electron chi connectivity index (χ4n) is 4.29. The molecule has 0 radical (unpaired) electrons. The lowest BCUT2D eigenvalue weighted by Crippen LogP contribution is -2.42. The number of nitrogens with zero attached hydrogens (tertiary/aromatic N) is 1. The first-order chi connectivity index (χ1) is 13.6. The molecule has 1 heterocycles. The molecule has 154 valence electrons. The Morgan fingerprint density at radius 3 is 2.46 bits per heavy atom. The monoisotopic (exact) mass is 389 g/mol. The van der Waals surface area contributed by atoms with E-state index in [-0.39, 0.29) is 17.8 Å². The van der Waals surface area contributed by atoms with Gasteiger partial charge in [0, 0.05) is 31.7 Å². The Hall–Kier alpha value is -2.11. The Labute approximate surface area is 167 Å². The molecule has 1 atom stereocenters. The van der Waals surface area contributed by atoms with Gasteiger partial charge in [-0.15, -0.1) is 0 Å². The van der Waals surface area contributed by atoms with Gasteiger partial charge in [-0.2, -0.15) is 0 Å². The molecule has 5 nitrogen and oxygen atoms in total. The molecule has 1 saturated carbocycles. The van der Waals surface area contributed by atoms with E-state index in [0.717, 1.165) is 32.4 Å². The normalized spacial score (nSPS) is 20.6. The number of nitrogens with one attached hydrogen (secondary N) is 2. The van der Waals surface area contributed by atoms with Crippen LogP contribution in [0.3, 0.4) is 0 Å². The predicted octanol–water partition coefficient (Wildman–Crippen LogP) is 4.55. The first-order valence-electron chi connectivity index (χ1n) is 10.7. The SMILES string of the molecule is O=C(CC[C@@H]1CCCN(C(=O)Nc2ccc(F)cc2)C1)NCC1CCCCC1. The van der Waals surface area contributed by atoms with E-state index in [1.54, 1.807) is 17.0 Å². The fraction of sp³-hybridized carbons (Fsp3) is 0.636. The highest BCUT2D eigenvalue weighted by Gasteiger charge is 2.24. The zero-order valence-electron chi connectivity index (χ0n) is 16.6. The maximum absolute atomic E-state index is 13.0. The zero-order valence-corrected chi connectivity index (χ0v) is 16.6. The number of benzene rings is 1. The number of carbonyl (C=O) groups is 2. The summed E-state index contributed by atoms with van der Waals surface area (Å²) in [5, 5.41) is 5.92. The summed E-state index contributed by atoms with van der Waals surface area (Å²) in [6, 6.07) is 5.63. The number of hydrogen-bond acceptors (Lipinski definition) is 2. The summed E-state index contributed by atoms with van der Waals surface area (Å²) < 4.78 is 13.0. The molecule has 1 aliphatic carbocycles. The molecular formula is C22H32FN3O2. The molecule has 0 bridgehead atoms. The van der Waals surface area contributed by atoms with Crippen molar-refractivity contribution in [2.24, 2.45) is 11.8 Å². The zero-order chi connectivity index (χ0) is 19.8. The number of anilines is 1. The molecule has 0 aromatic heterocycles. The number of halogens is 1. The van der Waals surface area contributed by atoms with Crippen LogP contribution in [0.4, 0.5) is 14.9 Å². The predicted molar refractivity (Wildman–Crippen MR) is 109 cm³/mol.